The summed E-state index contributed by atoms with van der Waals surface area (Å²) in [5.41, 5.74) is 0. The first kappa shape index (κ1) is 15.7. The Kier molecular flexibility index (Phi) is 5.02. The Balaban J connectivity index is 2.92. The molecule has 6 heteroatoms. The third-order valence-corrected chi connectivity index (χ3v) is 23.4. The van der Waals surface area contributed by atoms with Gasteiger partial charge in [-0.2, -0.15) is 0 Å². The number of halogens is 1. The SMILES string of the molecule is S=C=[N][Sn-]([Br])([N]=C=S)([c]1ccccc1)[c]1ccccc1. The summed E-state index contributed by atoms with van der Waals surface area (Å²) in [6.07, 6.45) is 0. The number of nitrogens with zero attached hydrogens (tertiary/aromatic N) is 2. The molecule has 0 heterocycles. The van der Waals surface area contributed by atoms with E-state index in [9.17, 15) is 0 Å². The number of isothiocyanates is 2. The van der Waals surface area contributed by atoms with Gasteiger partial charge in [-0.1, -0.05) is 0 Å². The molecule has 0 aromatic heterocycles. The van der Waals surface area contributed by atoms with E-state index < -0.39 is 15.3 Å². The van der Waals surface area contributed by atoms with E-state index in [2.05, 4.69) is 29.5 Å². The van der Waals surface area contributed by atoms with Gasteiger partial charge in [-0.3, -0.25) is 0 Å². The first-order chi connectivity index (χ1) is 9.64. The number of hydrogen-bond acceptors (Lipinski definition) is 4. The van der Waals surface area contributed by atoms with Crippen molar-refractivity contribution in [3.05, 3.63) is 60.7 Å². The summed E-state index contributed by atoms with van der Waals surface area (Å²) in [6.45, 7) is 0. The van der Waals surface area contributed by atoms with Crippen LogP contribution in [0, 0.1) is 0 Å². The van der Waals surface area contributed by atoms with Crippen LogP contribution in [-0.4, -0.2) is 25.6 Å². The van der Waals surface area contributed by atoms with Gasteiger partial charge in [0, 0.05) is 0 Å². The van der Waals surface area contributed by atoms with Crippen LogP contribution < -0.4 is 7.16 Å². The Morgan fingerprint density at radius 1 is 0.750 bits per heavy atom. The zero-order valence-electron chi connectivity index (χ0n) is 10.4. The zero-order chi connectivity index (χ0) is 14.5. The fourth-order valence-corrected chi connectivity index (χ4v) is 18.8. The van der Waals surface area contributed by atoms with Crippen molar-refractivity contribution in [3.63, 3.8) is 0 Å². The van der Waals surface area contributed by atoms with E-state index >= 15 is 0 Å². The molecule has 0 aliphatic rings. The maximum atomic E-state index is 4.87. The van der Waals surface area contributed by atoms with Gasteiger partial charge in [-0.05, 0) is 0 Å². The van der Waals surface area contributed by atoms with Crippen LogP contribution in [0.2, 0.25) is 0 Å². The van der Waals surface area contributed by atoms with E-state index in [1.165, 1.54) is 0 Å². The Bertz CT molecular complexity index is 647. The van der Waals surface area contributed by atoms with Crippen LogP contribution in [0.4, 0.5) is 0 Å². The van der Waals surface area contributed by atoms with Crippen LogP contribution in [0.3, 0.4) is 0 Å². The first-order valence-corrected chi connectivity index (χ1v) is 18.4. The fourth-order valence-electron chi connectivity index (χ4n) is 2.08. The van der Waals surface area contributed by atoms with E-state index in [0.717, 1.165) is 7.16 Å². The summed E-state index contributed by atoms with van der Waals surface area (Å²) < 4.78 is 11.0. The van der Waals surface area contributed by atoms with Crippen LogP contribution in [0.15, 0.2) is 67.1 Å². The van der Waals surface area contributed by atoms with Crippen LogP contribution in [0.25, 0.3) is 0 Å². The number of rotatable bonds is 4. The van der Waals surface area contributed by atoms with Gasteiger partial charge in [0.05, 0.1) is 0 Å². The molecule has 0 bridgehead atoms. The van der Waals surface area contributed by atoms with Gasteiger partial charge in [-0.25, -0.2) is 0 Å². The molecule has 20 heavy (non-hydrogen) atoms. The Labute approximate surface area is 136 Å². The average molecular weight is 469 g/mol. The van der Waals surface area contributed by atoms with Crippen molar-refractivity contribution in [1.29, 1.82) is 0 Å². The van der Waals surface area contributed by atoms with Crippen LogP contribution in [0.5, 0.6) is 0 Å². The van der Waals surface area contributed by atoms with Gasteiger partial charge < -0.3 is 0 Å². The third kappa shape index (κ3) is 2.70. The Morgan fingerprint density at radius 2 is 1.10 bits per heavy atom. The topological polar surface area (TPSA) is 24.7 Å². The number of hydrogen-bond donors (Lipinski definition) is 0. The molecular weight excluding hydrogens is 459 g/mol. The maximum absolute atomic E-state index is 4.87. The molecule has 0 aliphatic heterocycles. The molecule has 2 nitrogen and oxygen atoms in total. The summed E-state index contributed by atoms with van der Waals surface area (Å²) in [6, 6.07) is 19.6. The van der Waals surface area contributed by atoms with Crippen molar-refractivity contribution in [2.24, 2.45) is 6.43 Å². The molecule has 100 valence electrons. The summed E-state index contributed by atoms with van der Waals surface area (Å²) >= 11 is 9.11. The second-order valence-electron chi connectivity index (χ2n) is 4.17. The zero-order valence-corrected chi connectivity index (χ0v) is 16.4. The van der Waals surface area contributed by atoms with E-state index in [0.29, 0.717) is 0 Å². The molecule has 0 radical (unpaired) electrons. The minimum atomic E-state index is -4.48. The van der Waals surface area contributed by atoms with Crippen molar-refractivity contribution in [1.82, 2.24) is 0 Å². The molecule has 0 aliphatic carbocycles. The van der Waals surface area contributed by atoms with Crippen molar-refractivity contribution in [2.45, 2.75) is 0 Å². The van der Waals surface area contributed by atoms with Gasteiger partial charge in [-0.15, -0.1) is 0 Å². The molecule has 0 atom stereocenters. The van der Waals surface area contributed by atoms with Crippen molar-refractivity contribution in [3.8, 4) is 0 Å². The van der Waals surface area contributed by atoms with Crippen molar-refractivity contribution in [2.75, 3.05) is 0 Å². The summed E-state index contributed by atoms with van der Waals surface area (Å²) in [5, 5.41) is 5.01. The normalized spacial score (nSPS) is 12.3. The molecule has 2 aromatic carbocycles. The fraction of sp³-hybridized carbons (Fsp3) is 0. The molecule has 0 saturated carbocycles. The van der Waals surface area contributed by atoms with E-state index in [1.807, 2.05) is 60.7 Å². The number of benzene rings is 2. The van der Waals surface area contributed by atoms with Crippen LogP contribution in [-0.2, 0) is 0 Å². The quantitative estimate of drug-likeness (QED) is 0.391. The Morgan fingerprint density at radius 3 is 1.40 bits per heavy atom. The first-order valence-electron chi connectivity index (χ1n) is 5.81. The van der Waals surface area contributed by atoms with E-state index in [-0.39, 0.29) is 0 Å². The van der Waals surface area contributed by atoms with Gasteiger partial charge in [0.2, 0.25) is 0 Å². The van der Waals surface area contributed by atoms with Gasteiger partial charge in [0.25, 0.3) is 0 Å². The summed E-state index contributed by atoms with van der Waals surface area (Å²) in [5.74, 6) is 0. The minimum absolute atomic E-state index is 0.981. The second kappa shape index (κ2) is 6.39. The van der Waals surface area contributed by atoms with Crippen LogP contribution >= 0.6 is 37.1 Å². The van der Waals surface area contributed by atoms with E-state index in [1.54, 1.807) is 0 Å². The molecule has 0 N–H and O–H groups in total. The average Bonchev–Trinajstić information content (AvgIpc) is 2.50. The third-order valence-electron chi connectivity index (χ3n) is 3.07. The van der Waals surface area contributed by atoms with Gasteiger partial charge in [0.1, 0.15) is 0 Å². The van der Waals surface area contributed by atoms with Gasteiger partial charge in [0.15, 0.2) is 0 Å². The van der Waals surface area contributed by atoms with E-state index in [4.69, 9.17) is 24.4 Å². The van der Waals surface area contributed by atoms with Crippen LogP contribution in [0.1, 0.15) is 0 Å². The standard InChI is InChI=1S/2C6H5.2CNS.BrH.Sn/c2*1-2-4-6-5-3-1;2*2-1-3;;/h2*1-5H;;;1H;/q;;2*-1;;+2/p-1. The molecule has 2 aromatic rings. The van der Waals surface area contributed by atoms with Crippen molar-refractivity contribution >= 4 is 69.9 Å². The summed E-state index contributed by atoms with van der Waals surface area (Å²) in [7, 11) is 0. The number of thiocarbonyl (C=S) groups is 2. The molecule has 0 unspecified atom stereocenters. The summed E-state index contributed by atoms with van der Waals surface area (Å²) in [4.78, 5) is 0. The molecule has 2 rings (SSSR count). The molecule has 0 spiro atoms. The second-order valence-corrected chi connectivity index (χ2v) is 25.1. The molecule has 0 saturated heterocycles. The predicted molar refractivity (Wildman–Crippen MR) is 96.9 cm³/mol. The Hall–Kier alpha value is -0.681. The molecule has 0 amide bonds. The van der Waals surface area contributed by atoms with Gasteiger partial charge >= 0.3 is 137 Å². The predicted octanol–water partition coefficient (Wildman–Crippen LogP) is 3.29. The van der Waals surface area contributed by atoms with Crippen molar-refractivity contribution < 1.29 is 0 Å². The molecular formula is C14H10BrN2S2Sn-. The monoisotopic (exact) mass is 469 g/mol. The molecule has 0 fully saturated rings.